The molecule has 0 heterocycles. The largest absolute Gasteiger partial charge is 0.233 e. The van der Waals surface area contributed by atoms with Crippen molar-refractivity contribution in [3.8, 4) is 0 Å². The SMILES string of the molecule is C[C@@]12C=CC[C@H]1[C@@H]1C(I)C=C3C[C@@H]([O])CC[C@]3(C)[C@H]1CC2. The smallest absolute Gasteiger partial charge is 0.0967 e. The average molecular weight is 397 g/mol. The standard InChI is InChI=1S/C19H26IO/c1-18-7-3-4-14(18)17-15(6-8-18)19(2)9-5-13(21)10-12(19)11-16(17)20/h3,7,11,13-17H,4-6,8-10H2,1-2H3/t13-,14-,15-,16?,17-,18-,19-/m0/s1. The summed E-state index contributed by atoms with van der Waals surface area (Å²) in [4.78, 5) is 0. The zero-order chi connectivity index (χ0) is 14.8. The van der Waals surface area contributed by atoms with Gasteiger partial charge < -0.3 is 0 Å². The van der Waals surface area contributed by atoms with Gasteiger partial charge in [0.15, 0.2) is 0 Å². The van der Waals surface area contributed by atoms with Crippen molar-refractivity contribution in [1.29, 1.82) is 0 Å². The number of alkyl halides is 1. The first-order valence-electron chi connectivity index (χ1n) is 8.63. The maximum Gasteiger partial charge on any atom is 0.0967 e. The van der Waals surface area contributed by atoms with Crippen LogP contribution in [0.15, 0.2) is 23.8 Å². The van der Waals surface area contributed by atoms with Gasteiger partial charge in [0.05, 0.1) is 6.10 Å². The van der Waals surface area contributed by atoms with Crippen molar-refractivity contribution in [1.82, 2.24) is 0 Å². The van der Waals surface area contributed by atoms with Crippen molar-refractivity contribution in [3.05, 3.63) is 23.8 Å². The monoisotopic (exact) mass is 397 g/mol. The van der Waals surface area contributed by atoms with Gasteiger partial charge in [0.25, 0.3) is 0 Å². The summed E-state index contributed by atoms with van der Waals surface area (Å²) in [5, 5.41) is 12.0. The summed E-state index contributed by atoms with van der Waals surface area (Å²) < 4.78 is 0.630. The van der Waals surface area contributed by atoms with Crippen LogP contribution in [0.5, 0.6) is 0 Å². The Labute approximate surface area is 142 Å². The number of rotatable bonds is 0. The zero-order valence-corrected chi connectivity index (χ0v) is 15.3. The van der Waals surface area contributed by atoms with Crippen molar-refractivity contribution in [2.24, 2.45) is 28.6 Å². The van der Waals surface area contributed by atoms with Crippen LogP contribution in [0, 0.1) is 28.6 Å². The highest BCUT2D eigenvalue weighted by Crippen LogP contribution is 2.64. The van der Waals surface area contributed by atoms with E-state index in [0.29, 0.717) is 14.8 Å². The second-order valence-corrected chi connectivity index (χ2v) is 9.83. The van der Waals surface area contributed by atoms with Gasteiger partial charge in [0.2, 0.25) is 0 Å². The van der Waals surface area contributed by atoms with Crippen LogP contribution >= 0.6 is 22.6 Å². The van der Waals surface area contributed by atoms with Crippen LogP contribution in [0.1, 0.15) is 52.4 Å². The molecule has 0 aromatic carbocycles. The second-order valence-electron chi connectivity index (χ2n) is 8.39. The molecule has 4 aliphatic rings. The summed E-state index contributed by atoms with van der Waals surface area (Å²) in [7, 11) is 0. The number of allylic oxidation sites excluding steroid dienone is 3. The first-order valence-corrected chi connectivity index (χ1v) is 9.87. The quantitative estimate of drug-likeness (QED) is 0.299. The zero-order valence-electron chi connectivity index (χ0n) is 13.1. The second kappa shape index (κ2) is 4.83. The predicted octanol–water partition coefficient (Wildman–Crippen LogP) is 5.33. The molecule has 0 amide bonds. The number of hydrogen-bond donors (Lipinski definition) is 0. The fraction of sp³-hybridized carbons (Fsp3) is 0.789. The minimum Gasteiger partial charge on any atom is -0.233 e. The lowest BCUT2D eigenvalue weighted by molar-refractivity contribution is -0.0325. The first-order chi connectivity index (χ1) is 9.94. The van der Waals surface area contributed by atoms with Crippen molar-refractivity contribution in [2.75, 3.05) is 0 Å². The maximum atomic E-state index is 12.0. The molecular formula is C19H26IO. The molecule has 4 rings (SSSR count). The Bertz CT molecular complexity index is 510. The lowest BCUT2D eigenvalue weighted by Gasteiger charge is -2.58. The van der Waals surface area contributed by atoms with Crippen molar-refractivity contribution < 1.29 is 5.11 Å². The van der Waals surface area contributed by atoms with Crippen molar-refractivity contribution in [2.45, 2.75) is 62.4 Å². The highest BCUT2D eigenvalue weighted by atomic mass is 127. The van der Waals surface area contributed by atoms with Crippen LogP contribution in [0.3, 0.4) is 0 Å². The summed E-state index contributed by atoms with van der Waals surface area (Å²) in [6.07, 6.45) is 13.9. The fourth-order valence-corrected chi connectivity index (χ4v) is 7.49. The van der Waals surface area contributed by atoms with Gasteiger partial charge in [-0.1, -0.05) is 60.2 Å². The summed E-state index contributed by atoms with van der Waals surface area (Å²) in [5.74, 6) is 2.46. The van der Waals surface area contributed by atoms with Crippen LogP contribution in [-0.4, -0.2) is 10.0 Å². The molecule has 115 valence electrons. The Balaban J connectivity index is 1.74. The summed E-state index contributed by atoms with van der Waals surface area (Å²) in [6.45, 7) is 4.97. The van der Waals surface area contributed by atoms with E-state index < -0.39 is 0 Å². The molecular weight excluding hydrogens is 371 g/mol. The highest BCUT2D eigenvalue weighted by molar-refractivity contribution is 14.1. The van der Waals surface area contributed by atoms with Gasteiger partial charge in [-0.2, -0.15) is 0 Å². The molecule has 0 N–H and O–H groups in total. The molecule has 7 atom stereocenters. The van der Waals surface area contributed by atoms with E-state index in [-0.39, 0.29) is 6.10 Å². The molecule has 2 saturated carbocycles. The Hall–Kier alpha value is 0.170. The van der Waals surface area contributed by atoms with Gasteiger partial charge in [0, 0.05) is 3.92 Å². The molecule has 0 aromatic heterocycles. The molecule has 0 bridgehead atoms. The maximum absolute atomic E-state index is 12.0. The molecule has 0 spiro atoms. The van der Waals surface area contributed by atoms with E-state index in [4.69, 9.17) is 0 Å². The van der Waals surface area contributed by atoms with Crippen LogP contribution < -0.4 is 0 Å². The Kier molecular flexibility index (Phi) is 3.39. The molecule has 0 saturated heterocycles. The van der Waals surface area contributed by atoms with E-state index in [0.717, 1.165) is 37.0 Å². The minimum absolute atomic E-state index is 0.331. The normalized spacial score (nSPS) is 55.4. The van der Waals surface area contributed by atoms with E-state index >= 15 is 0 Å². The molecule has 1 nitrogen and oxygen atoms in total. The molecule has 1 unspecified atom stereocenters. The van der Waals surface area contributed by atoms with Crippen LogP contribution in [0.2, 0.25) is 0 Å². The van der Waals surface area contributed by atoms with E-state index in [9.17, 15) is 5.11 Å². The van der Waals surface area contributed by atoms with Gasteiger partial charge >= 0.3 is 0 Å². The number of halogens is 1. The molecule has 0 aliphatic heterocycles. The van der Waals surface area contributed by atoms with Gasteiger partial charge in [-0.05, 0) is 67.1 Å². The van der Waals surface area contributed by atoms with Crippen LogP contribution in [-0.2, 0) is 5.11 Å². The summed E-state index contributed by atoms with van der Waals surface area (Å²) in [6, 6.07) is 0. The molecule has 2 heteroatoms. The lowest BCUT2D eigenvalue weighted by Crippen LogP contribution is -2.52. The van der Waals surface area contributed by atoms with Gasteiger partial charge in [0.1, 0.15) is 0 Å². The number of hydrogen-bond acceptors (Lipinski definition) is 0. The van der Waals surface area contributed by atoms with Gasteiger partial charge in [-0.3, -0.25) is 0 Å². The summed E-state index contributed by atoms with van der Waals surface area (Å²) >= 11 is 2.67. The summed E-state index contributed by atoms with van der Waals surface area (Å²) in [5.41, 5.74) is 2.29. The van der Waals surface area contributed by atoms with E-state index in [1.54, 1.807) is 0 Å². The van der Waals surface area contributed by atoms with E-state index in [1.807, 2.05) is 0 Å². The van der Waals surface area contributed by atoms with Crippen molar-refractivity contribution in [3.63, 3.8) is 0 Å². The molecule has 2 fully saturated rings. The van der Waals surface area contributed by atoms with Gasteiger partial charge in [-0.25, -0.2) is 5.11 Å². The lowest BCUT2D eigenvalue weighted by atomic mass is 9.48. The van der Waals surface area contributed by atoms with Gasteiger partial charge in [-0.15, -0.1) is 0 Å². The van der Waals surface area contributed by atoms with E-state index in [1.165, 1.54) is 24.8 Å². The molecule has 0 aromatic rings. The first kappa shape index (κ1) is 14.7. The predicted molar refractivity (Wildman–Crippen MR) is 93.9 cm³/mol. The van der Waals surface area contributed by atoms with Crippen molar-refractivity contribution >= 4 is 22.6 Å². The van der Waals surface area contributed by atoms with Crippen LogP contribution in [0.25, 0.3) is 0 Å². The number of fused-ring (bicyclic) bond motifs is 5. The minimum atomic E-state index is -0.341. The fourth-order valence-electron chi connectivity index (χ4n) is 6.06. The molecule has 21 heavy (non-hydrogen) atoms. The average Bonchev–Trinajstić information content (AvgIpc) is 2.82. The van der Waals surface area contributed by atoms with E-state index in [2.05, 4.69) is 54.7 Å². The topological polar surface area (TPSA) is 19.9 Å². The Morgan fingerprint density at radius 3 is 2.81 bits per heavy atom. The molecule has 1 radical (unpaired) electrons. The Morgan fingerprint density at radius 2 is 2.00 bits per heavy atom. The Morgan fingerprint density at radius 1 is 1.19 bits per heavy atom. The van der Waals surface area contributed by atoms with Crippen LogP contribution in [0.4, 0.5) is 0 Å². The third-order valence-corrected chi connectivity index (χ3v) is 8.56. The molecule has 4 aliphatic carbocycles. The third kappa shape index (κ3) is 2.04. The highest BCUT2D eigenvalue weighted by Gasteiger charge is 2.56. The third-order valence-electron chi connectivity index (χ3n) is 7.37.